The predicted molar refractivity (Wildman–Crippen MR) is 127 cm³/mol. The Morgan fingerprint density at radius 1 is 1.14 bits per heavy atom. The van der Waals surface area contributed by atoms with Crippen LogP contribution in [0.5, 0.6) is 5.75 Å². The summed E-state index contributed by atoms with van der Waals surface area (Å²) in [6.45, 7) is 15.2. The quantitative estimate of drug-likeness (QED) is 0.320. The summed E-state index contributed by atoms with van der Waals surface area (Å²) in [7, 11) is 2.12. The van der Waals surface area contributed by atoms with Crippen LogP contribution in [0.1, 0.15) is 59.9 Å². The van der Waals surface area contributed by atoms with Gasteiger partial charge in [0.25, 0.3) is 0 Å². The molecule has 0 aromatic heterocycles. The molecule has 29 heavy (non-hydrogen) atoms. The summed E-state index contributed by atoms with van der Waals surface area (Å²) < 4.78 is 5.93. The van der Waals surface area contributed by atoms with Gasteiger partial charge in [-0.2, -0.15) is 0 Å². The van der Waals surface area contributed by atoms with Gasteiger partial charge >= 0.3 is 0 Å². The van der Waals surface area contributed by atoms with Crippen LogP contribution in [0.2, 0.25) is 0 Å². The van der Waals surface area contributed by atoms with Crippen LogP contribution in [0.4, 0.5) is 0 Å². The van der Waals surface area contributed by atoms with Crippen LogP contribution in [-0.4, -0.2) is 25.1 Å². The Kier molecular flexibility index (Phi) is 11.2. The molecule has 0 saturated carbocycles. The second kappa shape index (κ2) is 13.1. The fraction of sp³-hybridized carbons (Fsp3) is 0.481. The normalized spacial score (nSPS) is 12.1. The molecule has 0 N–H and O–H groups in total. The number of hydrogen-bond donors (Lipinski definition) is 0. The average Bonchev–Trinajstić information content (AvgIpc) is 2.60. The van der Waals surface area contributed by atoms with E-state index in [4.69, 9.17) is 4.74 Å². The van der Waals surface area contributed by atoms with Gasteiger partial charge in [-0.1, -0.05) is 47.3 Å². The highest BCUT2D eigenvalue weighted by atomic mass is 16.5. The van der Waals surface area contributed by atoms with E-state index < -0.39 is 0 Å². The van der Waals surface area contributed by atoms with Gasteiger partial charge in [-0.3, -0.25) is 4.90 Å². The molecular weight excluding hydrogens is 354 g/mol. The van der Waals surface area contributed by atoms with Crippen LogP contribution in [-0.2, 0) is 6.54 Å². The maximum Gasteiger partial charge on any atom is 0.120 e. The van der Waals surface area contributed by atoms with Gasteiger partial charge < -0.3 is 4.74 Å². The second-order valence-electron chi connectivity index (χ2n) is 8.95. The summed E-state index contributed by atoms with van der Waals surface area (Å²) in [5, 5.41) is 0. The number of nitrogens with zero attached hydrogens (tertiary/aromatic N) is 1. The molecule has 158 valence electrons. The molecular formula is C27H39NO. The first kappa shape index (κ1) is 24.8. The Bertz CT molecular complexity index is 762. The highest BCUT2D eigenvalue weighted by Crippen LogP contribution is 2.15. The van der Waals surface area contributed by atoms with Crippen LogP contribution >= 0.6 is 0 Å². The molecule has 1 aromatic carbocycles. The molecule has 0 spiro atoms. The molecule has 0 heterocycles. The molecule has 2 heteroatoms. The number of allylic oxidation sites excluding steroid dienone is 4. The molecule has 0 unspecified atom stereocenters. The Morgan fingerprint density at radius 3 is 2.59 bits per heavy atom. The van der Waals surface area contributed by atoms with E-state index in [1.165, 1.54) is 16.7 Å². The van der Waals surface area contributed by atoms with E-state index in [2.05, 4.69) is 102 Å². The molecule has 0 bridgehead atoms. The summed E-state index contributed by atoms with van der Waals surface area (Å²) in [6, 6.07) is 8.37. The van der Waals surface area contributed by atoms with Crippen molar-refractivity contribution in [2.75, 3.05) is 20.2 Å². The van der Waals surface area contributed by atoms with Crippen molar-refractivity contribution in [1.82, 2.24) is 4.90 Å². The lowest BCUT2D eigenvalue weighted by Crippen LogP contribution is -2.17. The topological polar surface area (TPSA) is 12.5 Å². The van der Waals surface area contributed by atoms with E-state index >= 15 is 0 Å². The molecule has 1 rings (SSSR count). The zero-order valence-corrected chi connectivity index (χ0v) is 19.5. The van der Waals surface area contributed by atoms with E-state index in [9.17, 15) is 0 Å². The summed E-state index contributed by atoms with van der Waals surface area (Å²) in [5.41, 5.74) is 4.06. The molecule has 0 aliphatic rings. The molecule has 0 aliphatic heterocycles. The Morgan fingerprint density at radius 2 is 1.90 bits per heavy atom. The fourth-order valence-corrected chi connectivity index (χ4v) is 2.63. The maximum absolute atomic E-state index is 5.93. The Hall–Kier alpha value is -2.24. The zero-order chi connectivity index (χ0) is 21.7. The third kappa shape index (κ3) is 13.6. The van der Waals surface area contributed by atoms with E-state index in [-0.39, 0.29) is 5.41 Å². The lowest BCUT2D eigenvalue weighted by molar-refractivity contribution is 0.352. The van der Waals surface area contributed by atoms with Gasteiger partial charge in [0.15, 0.2) is 0 Å². The first-order valence-corrected chi connectivity index (χ1v) is 10.5. The number of rotatable bonds is 10. The van der Waals surface area contributed by atoms with Crippen molar-refractivity contribution in [2.24, 2.45) is 5.41 Å². The monoisotopic (exact) mass is 393 g/mol. The second-order valence-corrected chi connectivity index (χ2v) is 8.95. The predicted octanol–water partition coefficient (Wildman–Crippen LogP) is 6.80. The van der Waals surface area contributed by atoms with Crippen molar-refractivity contribution in [3.8, 4) is 17.6 Å². The van der Waals surface area contributed by atoms with Gasteiger partial charge in [-0.15, -0.1) is 0 Å². The van der Waals surface area contributed by atoms with Crippen molar-refractivity contribution in [2.45, 2.75) is 60.9 Å². The highest BCUT2D eigenvalue weighted by Gasteiger charge is 2.03. The third-order valence-corrected chi connectivity index (χ3v) is 4.19. The summed E-state index contributed by atoms with van der Waals surface area (Å²) in [6.07, 6.45) is 10.7. The molecule has 0 aliphatic carbocycles. The van der Waals surface area contributed by atoms with Gasteiger partial charge in [0, 0.05) is 18.5 Å². The van der Waals surface area contributed by atoms with Crippen molar-refractivity contribution in [3.63, 3.8) is 0 Å². The maximum atomic E-state index is 5.93. The van der Waals surface area contributed by atoms with Gasteiger partial charge in [-0.25, -0.2) is 0 Å². The van der Waals surface area contributed by atoms with Crippen molar-refractivity contribution in [3.05, 3.63) is 65.3 Å². The SMILES string of the molecule is CC(C)=CCC/C(C)=C/COc1cccc(CN(C)C/C=C/C#CC(C)(C)C)c1. The molecule has 0 radical (unpaired) electrons. The van der Waals surface area contributed by atoms with Crippen molar-refractivity contribution >= 4 is 0 Å². The van der Waals surface area contributed by atoms with Gasteiger partial charge in [0.05, 0.1) is 0 Å². The van der Waals surface area contributed by atoms with E-state index in [1.807, 2.05) is 12.1 Å². The molecule has 2 nitrogen and oxygen atoms in total. The van der Waals surface area contributed by atoms with E-state index in [0.717, 1.165) is 31.7 Å². The first-order chi connectivity index (χ1) is 13.7. The lowest BCUT2D eigenvalue weighted by atomic mass is 9.98. The minimum absolute atomic E-state index is 0.0516. The molecule has 1 aromatic rings. The first-order valence-electron chi connectivity index (χ1n) is 10.5. The smallest absolute Gasteiger partial charge is 0.120 e. The highest BCUT2D eigenvalue weighted by molar-refractivity contribution is 5.29. The fourth-order valence-electron chi connectivity index (χ4n) is 2.63. The van der Waals surface area contributed by atoms with E-state index in [0.29, 0.717) is 6.61 Å². The zero-order valence-electron chi connectivity index (χ0n) is 19.5. The molecule has 0 saturated heterocycles. The summed E-state index contributed by atoms with van der Waals surface area (Å²) in [4.78, 5) is 2.27. The van der Waals surface area contributed by atoms with Crippen molar-refractivity contribution in [1.29, 1.82) is 0 Å². The number of ether oxygens (including phenoxy) is 1. The average molecular weight is 394 g/mol. The van der Waals surface area contributed by atoms with Gasteiger partial charge in [0.1, 0.15) is 12.4 Å². The minimum Gasteiger partial charge on any atom is -0.490 e. The molecule has 0 fully saturated rings. The van der Waals surface area contributed by atoms with Crippen LogP contribution in [0.25, 0.3) is 0 Å². The van der Waals surface area contributed by atoms with Gasteiger partial charge in [-0.05, 0) is 91.3 Å². The summed E-state index contributed by atoms with van der Waals surface area (Å²) >= 11 is 0. The lowest BCUT2D eigenvalue weighted by Gasteiger charge is -2.15. The van der Waals surface area contributed by atoms with Crippen LogP contribution in [0.3, 0.4) is 0 Å². The van der Waals surface area contributed by atoms with E-state index in [1.54, 1.807) is 0 Å². The standard InChI is InChI=1S/C27H39NO/c1-23(2)13-11-14-24(3)17-20-29-26-16-12-15-25(21-26)22-28(7)19-10-8-9-18-27(4,5)6/h8,10,12-13,15-17,21H,11,14,19-20,22H2,1-7H3/b10-8+,24-17+. The summed E-state index contributed by atoms with van der Waals surface area (Å²) in [5.74, 6) is 7.26. The largest absolute Gasteiger partial charge is 0.490 e. The molecule has 0 atom stereocenters. The molecule has 0 amide bonds. The van der Waals surface area contributed by atoms with Crippen molar-refractivity contribution < 1.29 is 4.74 Å². The number of benzene rings is 1. The minimum atomic E-state index is 0.0516. The van der Waals surface area contributed by atoms with Gasteiger partial charge in [0.2, 0.25) is 0 Å². The Labute approximate surface area is 179 Å². The number of likely N-dealkylation sites (N-methyl/N-ethyl adjacent to an activating group) is 1. The van der Waals surface area contributed by atoms with Crippen LogP contribution in [0, 0.1) is 17.3 Å². The third-order valence-electron chi connectivity index (χ3n) is 4.19. The van der Waals surface area contributed by atoms with Crippen LogP contribution in [0.15, 0.2) is 59.7 Å². The number of hydrogen-bond acceptors (Lipinski definition) is 2. The Balaban J connectivity index is 2.46. The van der Waals surface area contributed by atoms with Crippen LogP contribution < -0.4 is 4.74 Å².